The molecule has 1 saturated carbocycles. The summed E-state index contributed by atoms with van der Waals surface area (Å²) in [7, 11) is 0. The summed E-state index contributed by atoms with van der Waals surface area (Å²) in [5.74, 6) is 0. The molecule has 1 aliphatic carbocycles. The smallest absolute Gasteiger partial charge is 0.0401 e. The molecule has 1 N–H and O–H groups in total. The van der Waals surface area contributed by atoms with Crippen LogP contribution in [0, 0.1) is 5.41 Å². The molecule has 3 rings (SSSR count). The van der Waals surface area contributed by atoms with E-state index in [2.05, 4.69) is 48.3 Å². The molecule has 0 aromatic heterocycles. The summed E-state index contributed by atoms with van der Waals surface area (Å²) in [4.78, 5) is 2.64. The van der Waals surface area contributed by atoms with Crippen molar-refractivity contribution in [2.45, 2.75) is 39.2 Å². The molecule has 1 unspecified atom stereocenters. The molecular formula is C16H24N2. The van der Waals surface area contributed by atoms with Gasteiger partial charge in [-0.25, -0.2) is 0 Å². The SMILES string of the molecule is CCc1ccccc1N1CC2(CC2)CNCC1C. The van der Waals surface area contributed by atoms with Crippen LogP contribution in [0.4, 0.5) is 5.69 Å². The fourth-order valence-electron chi connectivity index (χ4n) is 3.15. The highest BCUT2D eigenvalue weighted by Gasteiger charge is 2.45. The van der Waals surface area contributed by atoms with Crippen LogP contribution in [0.15, 0.2) is 24.3 Å². The molecule has 2 heteroatoms. The van der Waals surface area contributed by atoms with E-state index in [1.807, 2.05) is 0 Å². The van der Waals surface area contributed by atoms with Crippen LogP contribution >= 0.6 is 0 Å². The van der Waals surface area contributed by atoms with Gasteiger partial charge in [-0.15, -0.1) is 0 Å². The minimum Gasteiger partial charge on any atom is -0.367 e. The van der Waals surface area contributed by atoms with E-state index in [4.69, 9.17) is 0 Å². The van der Waals surface area contributed by atoms with Crippen molar-refractivity contribution in [2.24, 2.45) is 5.41 Å². The zero-order valence-corrected chi connectivity index (χ0v) is 11.6. The van der Waals surface area contributed by atoms with Gasteiger partial charge in [-0.1, -0.05) is 25.1 Å². The van der Waals surface area contributed by atoms with Crippen LogP contribution in [0.3, 0.4) is 0 Å². The lowest BCUT2D eigenvalue weighted by molar-refractivity contribution is 0.500. The normalized spacial score (nSPS) is 26.1. The van der Waals surface area contributed by atoms with E-state index in [9.17, 15) is 0 Å². The monoisotopic (exact) mass is 244 g/mol. The molecule has 0 amide bonds. The van der Waals surface area contributed by atoms with E-state index in [0.717, 1.165) is 13.0 Å². The first kappa shape index (κ1) is 12.0. The van der Waals surface area contributed by atoms with Crippen LogP contribution in [-0.2, 0) is 6.42 Å². The number of benzene rings is 1. The van der Waals surface area contributed by atoms with Crippen LogP contribution < -0.4 is 10.2 Å². The number of nitrogens with one attached hydrogen (secondary N) is 1. The second-order valence-corrected chi connectivity index (χ2v) is 6.09. The quantitative estimate of drug-likeness (QED) is 0.860. The van der Waals surface area contributed by atoms with E-state index in [0.29, 0.717) is 11.5 Å². The standard InChI is InChI=1S/C16H24N2/c1-3-14-6-4-5-7-15(14)18-12-16(8-9-16)11-17-10-13(18)2/h4-7,13,17H,3,8-12H2,1-2H3. The Morgan fingerprint density at radius 2 is 2.11 bits per heavy atom. The first-order valence-corrected chi connectivity index (χ1v) is 7.29. The van der Waals surface area contributed by atoms with E-state index in [-0.39, 0.29) is 0 Å². The van der Waals surface area contributed by atoms with Gasteiger partial charge < -0.3 is 10.2 Å². The van der Waals surface area contributed by atoms with Gasteiger partial charge in [0, 0.05) is 36.8 Å². The van der Waals surface area contributed by atoms with Crippen LogP contribution in [0.25, 0.3) is 0 Å². The molecule has 2 nitrogen and oxygen atoms in total. The van der Waals surface area contributed by atoms with Gasteiger partial charge >= 0.3 is 0 Å². The van der Waals surface area contributed by atoms with E-state index < -0.39 is 0 Å². The van der Waals surface area contributed by atoms with Crippen LogP contribution in [0.2, 0.25) is 0 Å². The summed E-state index contributed by atoms with van der Waals surface area (Å²) in [5, 5.41) is 3.65. The Morgan fingerprint density at radius 3 is 2.83 bits per heavy atom. The van der Waals surface area contributed by atoms with Gasteiger partial charge in [-0.05, 0) is 37.8 Å². The Morgan fingerprint density at radius 1 is 1.33 bits per heavy atom. The number of rotatable bonds is 2. The van der Waals surface area contributed by atoms with Crippen molar-refractivity contribution >= 4 is 5.69 Å². The molecule has 0 radical (unpaired) electrons. The summed E-state index contributed by atoms with van der Waals surface area (Å²) in [5.41, 5.74) is 3.52. The Bertz CT molecular complexity index is 423. The molecular weight excluding hydrogens is 220 g/mol. The molecule has 98 valence electrons. The van der Waals surface area contributed by atoms with Crippen molar-refractivity contribution in [1.82, 2.24) is 5.32 Å². The lowest BCUT2D eigenvalue weighted by atomic mass is 10.0. The minimum absolute atomic E-state index is 0.575. The summed E-state index contributed by atoms with van der Waals surface area (Å²) in [6, 6.07) is 9.52. The number of aryl methyl sites for hydroxylation is 1. The predicted molar refractivity (Wildman–Crippen MR) is 77.2 cm³/mol. The highest BCUT2D eigenvalue weighted by molar-refractivity contribution is 5.55. The van der Waals surface area contributed by atoms with Crippen molar-refractivity contribution in [2.75, 3.05) is 24.5 Å². The van der Waals surface area contributed by atoms with Crippen LogP contribution in [0.5, 0.6) is 0 Å². The third kappa shape index (κ3) is 2.14. The lowest BCUT2D eigenvalue weighted by Crippen LogP contribution is -2.39. The number of hydrogen-bond donors (Lipinski definition) is 1. The summed E-state index contributed by atoms with van der Waals surface area (Å²) in [6.45, 7) is 8.16. The first-order valence-electron chi connectivity index (χ1n) is 7.29. The summed E-state index contributed by atoms with van der Waals surface area (Å²) in [6.07, 6.45) is 3.93. The molecule has 1 atom stereocenters. The molecule has 0 bridgehead atoms. The Labute approximate surface area is 110 Å². The van der Waals surface area contributed by atoms with Crippen molar-refractivity contribution < 1.29 is 0 Å². The Balaban J connectivity index is 1.92. The predicted octanol–water partition coefficient (Wildman–Crippen LogP) is 2.83. The van der Waals surface area contributed by atoms with Crippen molar-refractivity contribution in [1.29, 1.82) is 0 Å². The average molecular weight is 244 g/mol. The first-order chi connectivity index (χ1) is 8.74. The van der Waals surface area contributed by atoms with Gasteiger partial charge in [0.2, 0.25) is 0 Å². The zero-order valence-electron chi connectivity index (χ0n) is 11.6. The maximum atomic E-state index is 3.65. The van der Waals surface area contributed by atoms with Gasteiger partial charge in [0.25, 0.3) is 0 Å². The molecule has 1 aromatic carbocycles. The van der Waals surface area contributed by atoms with Gasteiger partial charge in [0.15, 0.2) is 0 Å². The average Bonchev–Trinajstić information content (AvgIpc) is 3.18. The number of anilines is 1. The van der Waals surface area contributed by atoms with Crippen molar-refractivity contribution in [3.8, 4) is 0 Å². The van der Waals surface area contributed by atoms with Gasteiger partial charge in [-0.3, -0.25) is 0 Å². The molecule has 2 fully saturated rings. The van der Waals surface area contributed by atoms with Gasteiger partial charge in [0.1, 0.15) is 0 Å². The highest BCUT2D eigenvalue weighted by atomic mass is 15.2. The summed E-state index contributed by atoms with van der Waals surface area (Å²) >= 11 is 0. The maximum absolute atomic E-state index is 3.65. The Hall–Kier alpha value is -1.02. The van der Waals surface area contributed by atoms with Crippen LogP contribution in [-0.4, -0.2) is 25.7 Å². The van der Waals surface area contributed by atoms with Gasteiger partial charge in [0.05, 0.1) is 0 Å². The van der Waals surface area contributed by atoms with E-state index in [1.54, 1.807) is 0 Å². The molecule has 1 aliphatic heterocycles. The van der Waals surface area contributed by atoms with Crippen molar-refractivity contribution in [3.63, 3.8) is 0 Å². The second-order valence-electron chi connectivity index (χ2n) is 6.09. The van der Waals surface area contributed by atoms with E-state index in [1.165, 1.54) is 37.2 Å². The highest BCUT2D eigenvalue weighted by Crippen LogP contribution is 2.47. The third-order valence-electron chi connectivity index (χ3n) is 4.62. The largest absolute Gasteiger partial charge is 0.367 e. The zero-order chi connectivity index (χ0) is 12.6. The van der Waals surface area contributed by atoms with Crippen LogP contribution in [0.1, 0.15) is 32.3 Å². The number of para-hydroxylation sites is 1. The second kappa shape index (κ2) is 4.58. The third-order valence-corrected chi connectivity index (χ3v) is 4.62. The molecule has 1 aromatic rings. The fourth-order valence-corrected chi connectivity index (χ4v) is 3.15. The number of nitrogens with zero attached hydrogens (tertiary/aromatic N) is 1. The molecule has 2 aliphatic rings. The molecule has 18 heavy (non-hydrogen) atoms. The lowest BCUT2D eigenvalue weighted by Gasteiger charge is -2.33. The molecule has 1 saturated heterocycles. The molecule has 1 spiro atoms. The van der Waals surface area contributed by atoms with E-state index >= 15 is 0 Å². The minimum atomic E-state index is 0.575. The molecule has 1 heterocycles. The fraction of sp³-hybridized carbons (Fsp3) is 0.625. The van der Waals surface area contributed by atoms with Crippen molar-refractivity contribution in [3.05, 3.63) is 29.8 Å². The number of hydrogen-bond acceptors (Lipinski definition) is 2. The maximum Gasteiger partial charge on any atom is 0.0401 e. The van der Waals surface area contributed by atoms with Gasteiger partial charge in [-0.2, -0.15) is 0 Å². The Kier molecular flexibility index (Phi) is 3.06. The summed E-state index contributed by atoms with van der Waals surface area (Å²) < 4.78 is 0. The topological polar surface area (TPSA) is 15.3 Å².